The molecule has 0 unspecified atom stereocenters. The van der Waals surface area contributed by atoms with Crippen molar-refractivity contribution < 1.29 is 14.6 Å². The molecule has 0 spiro atoms. The predicted molar refractivity (Wildman–Crippen MR) is 65.8 cm³/mol. The maximum Gasteiger partial charge on any atom is 0.320 e. The molecule has 0 saturated carbocycles. The molecular weight excluding hydrogens is 220 g/mol. The van der Waals surface area contributed by atoms with Gasteiger partial charge in [-0.3, -0.25) is 14.6 Å². The number of piperazine rings is 1. The lowest BCUT2D eigenvalue weighted by Gasteiger charge is -2.34. The van der Waals surface area contributed by atoms with Crippen LogP contribution in [0.3, 0.4) is 0 Å². The molecule has 0 radical (unpaired) electrons. The Morgan fingerprint density at radius 2 is 1.71 bits per heavy atom. The Balaban J connectivity index is 2.24. The number of carbonyl (C=O) groups is 1. The summed E-state index contributed by atoms with van der Waals surface area (Å²) in [5.41, 5.74) is -0.407. The number of esters is 1. The average Bonchev–Trinajstić information content (AvgIpc) is 2.18. The fourth-order valence-corrected chi connectivity index (χ4v) is 1.87. The molecule has 100 valence electrons. The van der Waals surface area contributed by atoms with Crippen LogP contribution in [0, 0.1) is 0 Å². The van der Waals surface area contributed by atoms with E-state index < -0.39 is 5.60 Å². The largest absolute Gasteiger partial charge is 0.459 e. The SMILES string of the molecule is CC(C)(C)OC(=O)CN1CCN(CCO)CC1. The highest BCUT2D eigenvalue weighted by Gasteiger charge is 2.22. The summed E-state index contributed by atoms with van der Waals surface area (Å²) in [6.45, 7) is 10.5. The Kier molecular flexibility index (Phi) is 5.36. The van der Waals surface area contributed by atoms with Crippen LogP contribution in [0.5, 0.6) is 0 Å². The van der Waals surface area contributed by atoms with Gasteiger partial charge in [0.25, 0.3) is 0 Å². The van der Waals surface area contributed by atoms with Crippen LogP contribution >= 0.6 is 0 Å². The first kappa shape index (κ1) is 14.4. The van der Waals surface area contributed by atoms with Crippen LogP contribution < -0.4 is 0 Å². The van der Waals surface area contributed by atoms with Crippen LogP contribution in [-0.4, -0.2) is 72.4 Å². The van der Waals surface area contributed by atoms with Gasteiger partial charge in [-0.15, -0.1) is 0 Å². The molecule has 1 aliphatic rings. The molecule has 1 aliphatic heterocycles. The predicted octanol–water partition coefficient (Wildman–Crippen LogP) is -0.0620. The molecule has 0 aromatic carbocycles. The number of β-amino-alcohol motifs (C(OH)–C–C–N with tert-alkyl or cyclic N) is 1. The first-order valence-corrected chi connectivity index (χ1v) is 6.18. The van der Waals surface area contributed by atoms with Crippen molar-refractivity contribution in [3.63, 3.8) is 0 Å². The van der Waals surface area contributed by atoms with E-state index in [2.05, 4.69) is 9.80 Å². The number of aliphatic hydroxyl groups excluding tert-OH is 1. The zero-order valence-electron chi connectivity index (χ0n) is 11.1. The number of hydrogen-bond acceptors (Lipinski definition) is 5. The van der Waals surface area contributed by atoms with Gasteiger partial charge in [0.15, 0.2) is 0 Å². The van der Waals surface area contributed by atoms with Crippen molar-refractivity contribution in [2.24, 2.45) is 0 Å². The molecule has 1 heterocycles. The van der Waals surface area contributed by atoms with Crippen molar-refractivity contribution >= 4 is 5.97 Å². The second-order valence-corrected chi connectivity index (χ2v) is 5.43. The van der Waals surface area contributed by atoms with Crippen LogP contribution in [0.4, 0.5) is 0 Å². The van der Waals surface area contributed by atoms with Crippen molar-refractivity contribution in [3.8, 4) is 0 Å². The molecule has 17 heavy (non-hydrogen) atoms. The smallest absolute Gasteiger partial charge is 0.320 e. The Labute approximate surface area is 103 Å². The summed E-state index contributed by atoms with van der Waals surface area (Å²) in [6.07, 6.45) is 0. The van der Waals surface area contributed by atoms with E-state index in [-0.39, 0.29) is 12.6 Å². The third kappa shape index (κ3) is 6.00. The number of ether oxygens (including phenoxy) is 1. The number of nitrogens with zero attached hydrogens (tertiary/aromatic N) is 2. The van der Waals surface area contributed by atoms with Gasteiger partial charge in [0.05, 0.1) is 13.2 Å². The maximum atomic E-state index is 11.6. The molecule has 1 N–H and O–H groups in total. The van der Waals surface area contributed by atoms with Crippen molar-refractivity contribution in [2.45, 2.75) is 26.4 Å². The second kappa shape index (κ2) is 6.33. The molecule has 5 nitrogen and oxygen atoms in total. The van der Waals surface area contributed by atoms with Gasteiger partial charge in [0, 0.05) is 32.7 Å². The van der Waals surface area contributed by atoms with Crippen molar-refractivity contribution in [1.29, 1.82) is 0 Å². The molecule has 0 atom stereocenters. The van der Waals surface area contributed by atoms with Crippen LogP contribution in [-0.2, 0) is 9.53 Å². The lowest BCUT2D eigenvalue weighted by atomic mass is 10.2. The molecule has 0 aliphatic carbocycles. The standard InChI is InChI=1S/C12H24N2O3/c1-12(2,3)17-11(16)10-14-6-4-13(5-7-14)8-9-15/h15H,4-10H2,1-3H3. The van der Waals surface area contributed by atoms with Crippen LogP contribution in [0.15, 0.2) is 0 Å². The molecule has 5 heteroatoms. The number of hydrogen-bond donors (Lipinski definition) is 1. The van der Waals surface area contributed by atoms with Crippen molar-refractivity contribution in [3.05, 3.63) is 0 Å². The highest BCUT2D eigenvalue weighted by molar-refractivity contribution is 5.72. The molecule has 0 bridgehead atoms. The monoisotopic (exact) mass is 244 g/mol. The van der Waals surface area contributed by atoms with E-state index in [1.54, 1.807) is 0 Å². The highest BCUT2D eigenvalue weighted by Crippen LogP contribution is 2.08. The third-order valence-electron chi connectivity index (χ3n) is 2.65. The normalized spacial score (nSPS) is 19.3. The summed E-state index contributed by atoms with van der Waals surface area (Å²) in [5.74, 6) is -0.159. The van der Waals surface area contributed by atoms with Crippen LogP contribution in [0.25, 0.3) is 0 Å². The fourth-order valence-electron chi connectivity index (χ4n) is 1.87. The van der Waals surface area contributed by atoms with Gasteiger partial charge < -0.3 is 9.84 Å². The third-order valence-corrected chi connectivity index (χ3v) is 2.65. The lowest BCUT2D eigenvalue weighted by molar-refractivity contribution is -0.156. The van der Waals surface area contributed by atoms with Crippen molar-refractivity contribution in [2.75, 3.05) is 45.9 Å². The van der Waals surface area contributed by atoms with E-state index in [4.69, 9.17) is 9.84 Å². The fraction of sp³-hybridized carbons (Fsp3) is 0.917. The summed E-state index contributed by atoms with van der Waals surface area (Å²) in [4.78, 5) is 15.9. The van der Waals surface area contributed by atoms with E-state index in [0.29, 0.717) is 6.54 Å². The molecule has 0 aromatic heterocycles. The molecule has 0 aromatic rings. The topological polar surface area (TPSA) is 53.0 Å². The Bertz CT molecular complexity index is 243. The van der Waals surface area contributed by atoms with Crippen LogP contribution in [0.2, 0.25) is 0 Å². The van der Waals surface area contributed by atoms with Crippen molar-refractivity contribution in [1.82, 2.24) is 9.80 Å². The first-order chi connectivity index (χ1) is 7.90. The van der Waals surface area contributed by atoms with Gasteiger partial charge in [0.2, 0.25) is 0 Å². The van der Waals surface area contributed by atoms with E-state index in [1.807, 2.05) is 20.8 Å². The second-order valence-electron chi connectivity index (χ2n) is 5.43. The lowest BCUT2D eigenvalue weighted by Crippen LogP contribution is -2.49. The van der Waals surface area contributed by atoms with Gasteiger partial charge in [-0.1, -0.05) is 0 Å². The summed E-state index contributed by atoms with van der Waals surface area (Å²) < 4.78 is 5.28. The van der Waals surface area contributed by atoms with Gasteiger partial charge in [-0.2, -0.15) is 0 Å². The minimum Gasteiger partial charge on any atom is -0.459 e. The van der Waals surface area contributed by atoms with Gasteiger partial charge >= 0.3 is 5.97 Å². The highest BCUT2D eigenvalue weighted by atomic mass is 16.6. The minimum atomic E-state index is -0.407. The number of aliphatic hydroxyl groups is 1. The zero-order valence-corrected chi connectivity index (χ0v) is 11.1. The zero-order chi connectivity index (χ0) is 12.9. The molecule has 1 saturated heterocycles. The number of carbonyl (C=O) groups excluding carboxylic acids is 1. The molecule has 0 amide bonds. The minimum absolute atomic E-state index is 0.159. The summed E-state index contributed by atoms with van der Waals surface area (Å²) >= 11 is 0. The molecule has 1 rings (SSSR count). The quantitative estimate of drug-likeness (QED) is 0.702. The van der Waals surface area contributed by atoms with Gasteiger partial charge in [0.1, 0.15) is 5.60 Å². The summed E-state index contributed by atoms with van der Waals surface area (Å²) in [6, 6.07) is 0. The van der Waals surface area contributed by atoms with Crippen LogP contribution in [0.1, 0.15) is 20.8 Å². The molecular formula is C12H24N2O3. The number of rotatable bonds is 4. The van der Waals surface area contributed by atoms with E-state index in [1.165, 1.54) is 0 Å². The Morgan fingerprint density at radius 1 is 1.18 bits per heavy atom. The van der Waals surface area contributed by atoms with E-state index >= 15 is 0 Å². The first-order valence-electron chi connectivity index (χ1n) is 6.18. The Hall–Kier alpha value is -0.650. The van der Waals surface area contributed by atoms with E-state index in [0.717, 1.165) is 32.7 Å². The van der Waals surface area contributed by atoms with E-state index in [9.17, 15) is 4.79 Å². The van der Waals surface area contributed by atoms with Gasteiger partial charge in [-0.25, -0.2) is 0 Å². The summed E-state index contributed by atoms with van der Waals surface area (Å²) in [5, 5.41) is 8.83. The average molecular weight is 244 g/mol. The van der Waals surface area contributed by atoms with Gasteiger partial charge in [-0.05, 0) is 20.8 Å². The Morgan fingerprint density at radius 3 is 2.18 bits per heavy atom. The molecule has 1 fully saturated rings. The summed E-state index contributed by atoms with van der Waals surface area (Å²) in [7, 11) is 0. The maximum absolute atomic E-state index is 11.6.